The maximum atomic E-state index is 5.07. The minimum Gasteiger partial charge on any atom is -0.272 e. The Morgan fingerprint density at radius 2 is 2.50 bits per heavy atom. The predicted octanol–water partition coefficient (Wildman–Crippen LogP) is 1.96. The van der Waals surface area contributed by atoms with E-state index in [1.54, 1.807) is 11.8 Å². The van der Waals surface area contributed by atoms with E-state index < -0.39 is 0 Å². The Hall–Kier alpha value is -0.410. The molecule has 0 amide bonds. The summed E-state index contributed by atoms with van der Waals surface area (Å²) < 4.78 is 0. The molecule has 0 saturated heterocycles. The smallest absolute Gasteiger partial charge is 0.0901 e. The highest BCUT2D eigenvalue weighted by Gasteiger charge is 2.17. The summed E-state index contributed by atoms with van der Waals surface area (Å²) in [5.74, 6) is 0.836. The van der Waals surface area contributed by atoms with Crippen molar-refractivity contribution in [3.8, 4) is 0 Å². The lowest BCUT2D eigenvalue weighted by atomic mass is 10.1. The molecule has 0 fully saturated rings. The second-order valence-electron chi connectivity index (χ2n) is 2.03. The second-order valence-corrected chi connectivity index (χ2v) is 3.46. The van der Waals surface area contributed by atoms with Crippen LogP contribution in [-0.2, 0) is 0 Å². The number of thioether (sulfide) groups is 1. The van der Waals surface area contributed by atoms with Crippen LogP contribution in [0.4, 0.5) is 0 Å². The lowest BCUT2D eigenvalue weighted by Gasteiger charge is -2.02. The highest BCUT2D eigenvalue weighted by molar-refractivity contribution is 8.04. The van der Waals surface area contributed by atoms with Gasteiger partial charge in [0.05, 0.1) is 16.5 Å². The zero-order valence-corrected chi connectivity index (χ0v) is 6.84. The van der Waals surface area contributed by atoms with Crippen molar-refractivity contribution in [2.45, 2.75) is 0 Å². The minimum atomic E-state index is 0.836. The van der Waals surface area contributed by atoms with Crippen molar-refractivity contribution in [3.05, 3.63) is 23.1 Å². The number of allylic oxidation sites excluding steroid dienone is 4. The fourth-order valence-corrected chi connectivity index (χ4v) is 2.08. The van der Waals surface area contributed by atoms with Crippen LogP contribution in [0.25, 0.3) is 0 Å². The molecule has 2 aliphatic rings. The number of thiocarbonyl (C=S) groups is 1. The standard InChI is InChI=1S/C7H5NS2/c9-5-2-1-3-6-7(5)8-4-10-6/h1-3H,4H2. The maximum absolute atomic E-state index is 5.07. The van der Waals surface area contributed by atoms with Gasteiger partial charge >= 0.3 is 0 Å². The monoisotopic (exact) mass is 167 g/mol. The van der Waals surface area contributed by atoms with Crippen molar-refractivity contribution in [1.82, 2.24) is 0 Å². The number of fused-ring (bicyclic) bond motifs is 1. The molecule has 0 unspecified atom stereocenters. The summed E-state index contributed by atoms with van der Waals surface area (Å²) in [5, 5.41) is 0. The van der Waals surface area contributed by atoms with Gasteiger partial charge in [0.25, 0.3) is 0 Å². The van der Waals surface area contributed by atoms with Gasteiger partial charge in [-0.3, -0.25) is 4.99 Å². The zero-order chi connectivity index (χ0) is 6.97. The van der Waals surface area contributed by atoms with Gasteiger partial charge in [-0.1, -0.05) is 18.3 Å². The molecule has 1 aliphatic heterocycles. The van der Waals surface area contributed by atoms with E-state index in [1.807, 2.05) is 12.2 Å². The van der Waals surface area contributed by atoms with Crippen LogP contribution in [0.2, 0.25) is 0 Å². The van der Waals surface area contributed by atoms with Crippen LogP contribution in [0.1, 0.15) is 0 Å². The number of aliphatic imine (C=N–C) groups is 1. The van der Waals surface area contributed by atoms with Gasteiger partial charge in [0.1, 0.15) is 0 Å². The van der Waals surface area contributed by atoms with Crippen LogP contribution in [0, 0.1) is 0 Å². The summed E-state index contributed by atoms with van der Waals surface area (Å²) in [5.41, 5.74) is 1.02. The molecule has 1 aliphatic carbocycles. The van der Waals surface area contributed by atoms with Gasteiger partial charge in [0, 0.05) is 4.91 Å². The first kappa shape index (κ1) is 6.31. The molecule has 0 saturated carbocycles. The summed E-state index contributed by atoms with van der Waals surface area (Å²) >= 11 is 6.82. The van der Waals surface area contributed by atoms with Crippen LogP contribution in [0.3, 0.4) is 0 Å². The van der Waals surface area contributed by atoms with Crippen LogP contribution in [0.15, 0.2) is 28.1 Å². The van der Waals surface area contributed by atoms with E-state index in [0.29, 0.717) is 0 Å². The van der Waals surface area contributed by atoms with E-state index in [0.717, 1.165) is 16.5 Å². The molecular weight excluding hydrogens is 162 g/mol. The molecule has 0 aromatic rings. The van der Waals surface area contributed by atoms with Crippen molar-refractivity contribution in [1.29, 1.82) is 0 Å². The summed E-state index contributed by atoms with van der Waals surface area (Å²) in [6, 6.07) is 0. The summed E-state index contributed by atoms with van der Waals surface area (Å²) in [6.07, 6.45) is 5.96. The average molecular weight is 167 g/mol. The first-order valence-corrected chi connectivity index (χ1v) is 4.37. The Morgan fingerprint density at radius 3 is 3.30 bits per heavy atom. The topological polar surface area (TPSA) is 12.4 Å². The number of hydrogen-bond acceptors (Lipinski definition) is 3. The molecule has 0 atom stereocenters. The van der Waals surface area contributed by atoms with Gasteiger partial charge in [-0.05, 0) is 12.2 Å². The first-order valence-electron chi connectivity index (χ1n) is 2.98. The SMILES string of the molecule is S=C1C=CC=C2SCN=C12. The molecule has 50 valence electrons. The van der Waals surface area contributed by atoms with Crippen molar-refractivity contribution in [2.24, 2.45) is 4.99 Å². The minimum absolute atomic E-state index is 0.836. The fourth-order valence-electron chi connectivity index (χ4n) is 0.941. The molecule has 0 aromatic heterocycles. The largest absolute Gasteiger partial charge is 0.272 e. The highest BCUT2D eigenvalue weighted by atomic mass is 32.2. The van der Waals surface area contributed by atoms with Crippen LogP contribution >= 0.6 is 24.0 Å². The summed E-state index contributed by atoms with van der Waals surface area (Å²) in [4.78, 5) is 6.36. The Kier molecular flexibility index (Phi) is 1.47. The summed E-state index contributed by atoms with van der Waals surface area (Å²) in [7, 11) is 0. The van der Waals surface area contributed by atoms with Gasteiger partial charge < -0.3 is 0 Å². The normalized spacial score (nSPS) is 22.2. The van der Waals surface area contributed by atoms with Gasteiger partial charge in [-0.2, -0.15) is 0 Å². The molecule has 1 heterocycles. The fraction of sp³-hybridized carbons (Fsp3) is 0.143. The van der Waals surface area contributed by atoms with Crippen molar-refractivity contribution in [2.75, 3.05) is 5.88 Å². The third kappa shape index (κ3) is 0.859. The van der Waals surface area contributed by atoms with E-state index in [4.69, 9.17) is 12.2 Å². The maximum Gasteiger partial charge on any atom is 0.0901 e. The van der Waals surface area contributed by atoms with Crippen molar-refractivity contribution < 1.29 is 0 Å². The first-order chi connectivity index (χ1) is 4.88. The zero-order valence-electron chi connectivity index (χ0n) is 5.20. The van der Waals surface area contributed by atoms with Gasteiger partial charge in [-0.25, -0.2) is 0 Å². The van der Waals surface area contributed by atoms with Crippen molar-refractivity contribution >= 4 is 34.6 Å². The van der Waals surface area contributed by atoms with Gasteiger partial charge in [0.2, 0.25) is 0 Å². The molecule has 0 N–H and O–H groups in total. The molecule has 1 nitrogen and oxygen atoms in total. The van der Waals surface area contributed by atoms with E-state index in [2.05, 4.69) is 11.1 Å². The van der Waals surface area contributed by atoms with E-state index >= 15 is 0 Å². The third-order valence-electron chi connectivity index (χ3n) is 1.40. The summed E-state index contributed by atoms with van der Waals surface area (Å²) in [6.45, 7) is 0. The van der Waals surface area contributed by atoms with Crippen molar-refractivity contribution in [3.63, 3.8) is 0 Å². The molecular formula is C7H5NS2. The molecule has 10 heavy (non-hydrogen) atoms. The number of rotatable bonds is 0. The molecule has 0 radical (unpaired) electrons. The van der Waals surface area contributed by atoms with Gasteiger partial charge in [-0.15, -0.1) is 11.8 Å². The van der Waals surface area contributed by atoms with E-state index in [-0.39, 0.29) is 0 Å². The average Bonchev–Trinajstić information content (AvgIpc) is 2.36. The lowest BCUT2D eigenvalue weighted by molar-refractivity contribution is 1.42. The molecule has 0 bridgehead atoms. The quantitative estimate of drug-likeness (QED) is 0.511. The van der Waals surface area contributed by atoms with Crippen LogP contribution in [0.5, 0.6) is 0 Å². The lowest BCUT2D eigenvalue weighted by Crippen LogP contribution is -2.09. The number of hydrogen-bond donors (Lipinski definition) is 0. The number of nitrogens with zero attached hydrogens (tertiary/aromatic N) is 1. The Balaban J connectivity index is 2.48. The highest BCUT2D eigenvalue weighted by Crippen LogP contribution is 2.27. The molecule has 0 aromatic carbocycles. The molecule has 3 heteroatoms. The molecule has 2 rings (SSSR count). The van der Waals surface area contributed by atoms with E-state index in [9.17, 15) is 0 Å². The van der Waals surface area contributed by atoms with Crippen LogP contribution < -0.4 is 0 Å². The Morgan fingerprint density at radius 1 is 1.60 bits per heavy atom. The third-order valence-corrected chi connectivity index (χ3v) is 2.63. The predicted molar refractivity (Wildman–Crippen MR) is 49.7 cm³/mol. The Labute approximate surface area is 68.9 Å². The second kappa shape index (κ2) is 2.32. The Bertz CT molecular complexity index is 273. The van der Waals surface area contributed by atoms with Gasteiger partial charge in [0.15, 0.2) is 0 Å². The van der Waals surface area contributed by atoms with E-state index in [1.165, 1.54) is 4.91 Å². The van der Waals surface area contributed by atoms with Crippen LogP contribution in [-0.4, -0.2) is 16.5 Å². The molecule has 0 spiro atoms.